The topological polar surface area (TPSA) is 58.6 Å². The molecule has 1 amide bonds. The number of carbonyl (C=O) groups is 1. The number of para-hydroxylation sites is 1. The molecule has 2 aromatic carbocycles. The second kappa shape index (κ2) is 5.79. The lowest BCUT2D eigenvalue weighted by atomic mass is 10.1. The second-order valence-corrected chi connectivity index (χ2v) is 4.34. The lowest BCUT2D eigenvalue weighted by Gasteiger charge is -2.10. The van der Waals surface area contributed by atoms with E-state index in [-0.39, 0.29) is 22.0 Å². The minimum absolute atomic E-state index is 0.00915. The molecule has 0 fully saturated rings. The maximum Gasteiger partial charge on any atom is 0.259 e. The molecule has 6 heteroatoms. The molecule has 2 rings (SSSR count). The smallest absolute Gasteiger partial charge is 0.259 e. The predicted molar refractivity (Wildman–Crippen MR) is 74.0 cm³/mol. The van der Waals surface area contributed by atoms with Crippen molar-refractivity contribution in [3.63, 3.8) is 0 Å². The first kappa shape index (κ1) is 14.1. The van der Waals surface area contributed by atoms with Crippen LogP contribution in [0.5, 0.6) is 11.5 Å². The van der Waals surface area contributed by atoms with Gasteiger partial charge < -0.3 is 15.2 Å². The van der Waals surface area contributed by atoms with Crippen LogP contribution in [0, 0.1) is 5.82 Å². The van der Waals surface area contributed by atoms with Gasteiger partial charge in [0, 0.05) is 6.07 Å². The lowest BCUT2D eigenvalue weighted by molar-refractivity contribution is 0.102. The quantitative estimate of drug-likeness (QED) is 0.912. The monoisotopic (exact) mass is 295 g/mol. The Morgan fingerprint density at radius 2 is 2.10 bits per heavy atom. The van der Waals surface area contributed by atoms with Gasteiger partial charge in [-0.25, -0.2) is 4.39 Å². The van der Waals surface area contributed by atoms with E-state index in [4.69, 9.17) is 16.3 Å². The Morgan fingerprint density at radius 1 is 1.35 bits per heavy atom. The number of rotatable bonds is 3. The SMILES string of the molecule is COc1ccc(C(=O)Nc2c(F)cccc2Cl)c(O)c1. The van der Waals surface area contributed by atoms with Gasteiger partial charge in [0.15, 0.2) is 0 Å². The maximum atomic E-state index is 13.6. The number of methoxy groups -OCH3 is 1. The predicted octanol–water partition coefficient (Wildman–Crippen LogP) is 3.45. The average Bonchev–Trinajstić information content (AvgIpc) is 2.42. The highest BCUT2D eigenvalue weighted by Crippen LogP contribution is 2.28. The second-order valence-electron chi connectivity index (χ2n) is 3.93. The molecule has 0 saturated heterocycles. The van der Waals surface area contributed by atoms with Crippen LogP contribution in [0.2, 0.25) is 5.02 Å². The van der Waals surface area contributed by atoms with E-state index < -0.39 is 11.7 Å². The van der Waals surface area contributed by atoms with Crippen molar-refractivity contribution < 1.29 is 19.0 Å². The van der Waals surface area contributed by atoms with Crippen molar-refractivity contribution in [2.45, 2.75) is 0 Å². The summed E-state index contributed by atoms with van der Waals surface area (Å²) in [4.78, 5) is 12.0. The molecule has 20 heavy (non-hydrogen) atoms. The van der Waals surface area contributed by atoms with Crippen molar-refractivity contribution in [2.24, 2.45) is 0 Å². The fraction of sp³-hybridized carbons (Fsp3) is 0.0714. The van der Waals surface area contributed by atoms with Crippen LogP contribution >= 0.6 is 11.6 Å². The van der Waals surface area contributed by atoms with Crippen LogP contribution in [0.25, 0.3) is 0 Å². The molecule has 0 spiro atoms. The lowest BCUT2D eigenvalue weighted by Crippen LogP contribution is -2.13. The van der Waals surface area contributed by atoms with Crippen molar-refractivity contribution in [2.75, 3.05) is 12.4 Å². The van der Waals surface area contributed by atoms with Crippen LogP contribution in [0.15, 0.2) is 36.4 Å². The number of nitrogens with one attached hydrogen (secondary N) is 1. The molecule has 0 aliphatic carbocycles. The summed E-state index contributed by atoms with van der Waals surface area (Å²) in [5, 5.41) is 12.1. The summed E-state index contributed by atoms with van der Waals surface area (Å²) in [6, 6.07) is 8.23. The molecule has 0 radical (unpaired) electrons. The molecule has 2 N–H and O–H groups in total. The van der Waals surface area contributed by atoms with Crippen molar-refractivity contribution in [1.29, 1.82) is 0 Å². The first-order valence-electron chi connectivity index (χ1n) is 5.65. The average molecular weight is 296 g/mol. The highest BCUT2D eigenvalue weighted by atomic mass is 35.5. The first-order chi connectivity index (χ1) is 9.52. The zero-order valence-electron chi connectivity index (χ0n) is 10.5. The van der Waals surface area contributed by atoms with Crippen LogP contribution in [0.1, 0.15) is 10.4 Å². The van der Waals surface area contributed by atoms with Gasteiger partial charge >= 0.3 is 0 Å². The van der Waals surface area contributed by atoms with Crippen LogP contribution in [0.4, 0.5) is 10.1 Å². The first-order valence-corrected chi connectivity index (χ1v) is 6.03. The number of amides is 1. The fourth-order valence-corrected chi connectivity index (χ4v) is 1.84. The van der Waals surface area contributed by atoms with E-state index >= 15 is 0 Å². The van der Waals surface area contributed by atoms with Gasteiger partial charge in [0.05, 0.1) is 23.4 Å². The number of ether oxygens (including phenoxy) is 1. The standard InChI is InChI=1S/C14H11ClFNO3/c1-20-8-5-6-9(12(18)7-8)14(19)17-13-10(15)3-2-4-11(13)16/h2-7,18H,1H3,(H,17,19). The highest BCUT2D eigenvalue weighted by Gasteiger charge is 2.15. The Labute approximate surface area is 119 Å². The molecule has 0 heterocycles. The molecule has 2 aromatic rings. The van der Waals surface area contributed by atoms with E-state index in [2.05, 4.69) is 5.32 Å². The Morgan fingerprint density at radius 3 is 2.70 bits per heavy atom. The Hall–Kier alpha value is -2.27. The molecule has 0 saturated carbocycles. The maximum absolute atomic E-state index is 13.6. The Bertz CT molecular complexity index is 641. The summed E-state index contributed by atoms with van der Waals surface area (Å²) in [6.07, 6.45) is 0. The van der Waals surface area contributed by atoms with Gasteiger partial charge in [-0.2, -0.15) is 0 Å². The zero-order valence-corrected chi connectivity index (χ0v) is 11.2. The number of anilines is 1. The largest absolute Gasteiger partial charge is 0.507 e. The van der Waals surface area contributed by atoms with Gasteiger partial charge in [0.1, 0.15) is 17.3 Å². The van der Waals surface area contributed by atoms with Crippen molar-refractivity contribution in [3.8, 4) is 11.5 Å². The van der Waals surface area contributed by atoms with Gasteiger partial charge in [-0.3, -0.25) is 4.79 Å². The summed E-state index contributed by atoms with van der Waals surface area (Å²) in [5.41, 5.74) is -0.139. The van der Waals surface area contributed by atoms with E-state index in [9.17, 15) is 14.3 Å². The molecule has 0 unspecified atom stereocenters. The van der Waals surface area contributed by atoms with E-state index in [1.807, 2.05) is 0 Å². The number of benzene rings is 2. The van der Waals surface area contributed by atoms with Gasteiger partial charge in [-0.1, -0.05) is 17.7 Å². The molecule has 104 valence electrons. The number of halogens is 2. The highest BCUT2D eigenvalue weighted by molar-refractivity contribution is 6.34. The molecule has 0 atom stereocenters. The van der Waals surface area contributed by atoms with Crippen molar-refractivity contribution in [3.05, 3.63) is 52.8 Å². The fourth-order valence-electron chi connectivity index (χ4n) is 1.63. The van der Waals surface area contributed by atoms with Crippen LogP contribution < -0.4 is 10.1 Å². The summed E-state index contributed by atoms with van der Waals surface area (Å²) in [7, 11) is 1.44. The number of carbonyl (C=O) groups excluding carboxylic acids is 1. The van der Waals surface area contributed by atoms with Crippen LogP contribution in [0.3, 0.4) is 0 Å². The zero-order chi connectivity index (χ0) is 14.7. The van der Waals surface area contributed by atoms with E-state index in [1.165, 1.54) is 43.5 Å². The minimum Gasteiger partial charge on any atom is -0.507 e. The Kier molecular flexibility index (Phi) is 4.10. The van der Waals surface area contributed by atoms with Gasteiger partial charge in [-0.15, -0.1) is 0 Å². The van der Waals surface area contributed by atoms with Gasteiger partial charge in [0.25, 0.3) is 5.91 Å². The molecule has 0 bridgehead atoms. The molecule has 0 aromatic heterocycles. The van der Waals surface area contributed by atoms with Crippen LogP contribution in [-0.4, -0.2) is 18.1 Å². The van der Waals surface area contributed by atoms with Crippen LogP contribution in [-0.2, 0) is 0 Å². The normalized spacial score (nSPS) is 10.2. The van der Waals surface area contributed by atoms with E-state index in [1.54, 1.807) is 0 Å². The summed E-state index contributed by atoms with van der Waals surface area (Å²) >= 11 is 5.81. The van der Waals surface area contributed by atoms with Gasteiger partial charge in [0.2, 0.25) is 0 Å². The molecule has 0 aliphatic rings. The summed E-state index contributed by atoms with van der Waals surface area (Å²) in [5.74, 6) is -1.19. The third-order valence-electron chi connectivity index (χ3n) is 2.65. The van der Waals surface area contributed by atoms with Gasteiger partial charge in [-0.05, 0) is 24.3 Å². The number of phenolic OH excluding ortho intramolecular Hbond substituents is 1. The number of hydrogen-bond donors (Lipinski definition) is 2. The van der Waals surface area contributed by atoms with E-state index in [0.29, 0.717) is 5.75 Å². The molecule has 4 nitrogen and oxygen atoms in total. The van der Waals surface area contributed by atoms with Crippen molar-refractivity contribution >= 4 is 23.2 Å². The van der Waals surface area contributed by atoms with E-state index in [0.717, 1.165) is 0 Å². The third kappa shape index (κ3) is 2.83. The third-order valence-corrected chi connectivity index (χ3v) is 2.97. The summed E-state index contributed by atoms with van der Waals surface area (Å²) in [6.45, 7) is 0. The van der Waals surface area contributed by atoms with Crippen molar-refractivity contribution in [1.82, 2.24) is 0 Å². The number of aromatic hydroxyl groups is 1. The minimum atomic E-state index is -0.669. The summed E-state index contributed by atoms with van der Waals surface area (Å²) < 4.78 is 18.5. The molecular formula is C14H11ClFNO3. The number of hydrogen-bond acceptors (Lipinski definition) is 3. The number of phenols is 1. The molecule has 0 aliphatic heterocycles. The Balaban J connectivity index is 2.29. The molecular weight excluding hydrogens is 285 g/mol.